The van der Waals surface area contributed by atoms with Crippen molar-refractivity contribution in [2.24, 2.45) is 0 Å². The zero-order chi connectivity index (χ0) is 14.8. The maximum Gasteiger partial charge on any atom is 0.139 e. The van der Waals surface area contributed by atoms with Crippen LogP contribution in [0.5, 0.6) is 0 Å². The Morgan fingerprint density at radius 3 is 2.86 bits per heavy atom. The number of hydrogen-bond acceptors (Lipinski definition) is 4. The second-order valence-electron chi connectivity index (χ2n) is 5.49. The summed E-state index contributed by atoms with van der Waals surface area (Å²) >= 11 is 1.79. The van der Waals surface area contributed by atoms with Crippen molar-refractivity contribution in [3.05, 3.63) is 51.9 Å². The molecule has 0 aromatic carbocycles. The van der Waals surface area contributed by atoms with E-state index in [0.717, 1.165) is 25.2 Å². The minimum atomic E-state index is 0.898. The van der Waals surface area contributed by atoms with Crippen molar-refractivity contribution in [1.82, 2.24) is 19.3 Å². The largest absolute Gasteiger partial charge is 0.303 e. The molecule has 3 aromatic heterocycles. The lowest BCUT2D eigenvalue weighted by Crippen LogP contribution is -2.21. The van der Waals surface area contributed by atoms with Crippen molar-refractivity contribution >= 4 is 17.0 Å². The fraction of sp³-hybridized carbons (Fsp3) is 0.375. The van der Waals surface area contributed by atoms with Gasteiger partial charge in [-0.1, -0.05) is 6.07 Å². The topological polar surface area (TPSA) is 33.4 Å². The molecule has 0 unspecified atom stereocenters. The fourth-order valence-corrected chi connectivity index (χ4v) is 3.25. The Labute approximate surface area is 129 Å². The van der Waals surface area contributed by atoms with E-state index < -0.39 is 0 Å². The quantitative estimate of drug-likeness (QED) is 0.726. The van der Waals surface area contributed by atoms with Gasteiger partial charge in [0.1, 0.15) is 5.65 Å². The summed E-state index contributed by atoms with van der Waals surface area (Å²) in [6.45, 7) is 6.10. The fourth-order valence-electron chi connectivity index (χ4n) is 2.48. The Morgan fingerprint density at radius 1 is 1.24 bits per heavy atom. The van der Waals surface area contributed by atoms with E-state index in [9.17, 15) is 0 Å². The molecule has 0 saturated carbocycles. The number of thiazole rings is 1. The molecule has 0 amide bonds. The molecule has 5 heteroatoms. The second kappa shape index (κ2) is 5.95. The highest BCUT2D eigenvalue weighted by Gasteiger charge is 2.08. The van der Waals surface area contributed by atoms with Crippen LogP contribution in [0.3, 0.4) is 0 Å². The number of aryl methyl sites for hydroxylation is 2. The third-order valence-electron chi connectivity index (χ3n) is 3.62. The van der Waals surface area contributed by atoms with E-state index in [1.807, 2.05) is 12.4 Å². The molecule has 3 aromatic rings. The van der Waals surface area contributed by atoms with Gasteiger partial charge in [0.2, 0.25) is 0 Å². The highest BCUT2D eigenvalue weighted by atomic mass is 32.1. The molecule has 0 N–H and O–H groups in total. The van der Waals surface area contributed by atoms with Gasteiger partial charge in [-0.25, -0.2) is 9.97 Å². The SMILES string of the molecule is Cc1cnc(CCN(C)Cc2cnc3c(C)cccn23)s1. The van der Waals surface area contributed by atoms with E-state index >= 15 is 0 Å². The first-order chi connectivity index (χ1) is 10.1. The monoisotopic (exact) mass is 300 g/mol. The summed E-state index contributed by atoms with van der Waals surface area (Å²) in [6.07, 6.45) is 7.02. The second-order valence-corrected chi connectivity index (χ2v) is 6.81. The summed E-state index contributed by atoms with van der Waals surface area (Å²) in [6, 6.07) is 4.17. The maximum absolute atomic E-state index is 4.52. The molecule has 0 bridgehead atoms. The molecule has 0 fully saturated rings. The van der Waals surface area contributed by atoms with E-state index in [4.69, 9.17) is 0 Å². The molecule has 0 aliphatic carbocycles. The van der Waals surface area contributed by atoms with Crippen molar-refractivity contribution in [1.29, 1.82) is 0 Å². The Morgan fingerprint density at radius 2 is 2.10 bits per heavy atom. The molecule has 0 aliphatic heterocycles. The lowest BCUT2D eigenvalue weighted by Gasteiger charge is -2.15. The first-order valence-corrected chi connectivity index (χ1v) is 7.96. The number of nitrogens with zero attached hydrogens (tertiary/aromatic N) is 4. The molecular formula is C16H20N4S. The third kappa shape index (κ3) is 3.14. The minimum Gasteiger partial charge on any atom is -0.303 e. The summed E-state index contributed by atoms with van der Waals surface area (Å²) in [5.74, 6) is 0. The van der Waals surface area contributed by atoms with E-state index in [2.05, 4.69) is 58.5 Å². The molecule has 0 atom stereocenters. The third-order valence-corrected chi connectivity index (χ3v) is 4.59. The number of likely N-dealkylation sites (N-methyl/N-ethyl adjacent to an activating group) is 1. The molecule has 110 valence electrons. The highest BCUT2D eigenvalue weighted by molar-refractivity contribution is 7.11. The van der Waals surface area contributed by atoms with Crippen LogP contribution in [-0.4, -0.2) is 32.9 Å². The van der Waals surface area contributed by atoms with Gasteiger partial charge >= 0.3 is 0 Å². The van der Waals surface area contributed by atoms with Crippen LogP contribution in [0.2, 0.25) is 0 Å². The summed E-state index contributed by atoms with van der Waals surface area (Å²) in [4.78, 5) is 12.5. The van der Waals surface area contributed by atoms with Crippen LogP contribution < -0.4 is 0 Å². The Bertz CT molecular complexity index is 744. The molecule has 0 aliphatic rings. The van der Waals surface area contributed by atoms with Crippen LogP contribution >= 0.6 is 11.3 Å². The van der Waals surface area contributed by atoms with E-state index in [1.54, 1.807) is 11.3 Å². The predicted molar refractivity (Wildman–Crippen MR) is 86.8 cm³/mol. The molecule has 3 rings (SSSR count). The molecular weight excluding hydrogens is 280 g/mol. The zero-order valence-corrected chi connectivity index (χ0v) is 13.5. The van der Waals surface area contributed by atoms with Gasteiger partial charge < -0.3 is 9.30 Å². The van der Waals surface area contributed by atoms with E-state index in [-0.39, 0.29) is 0 Å². The normalized spacial score (nSPS) is 11.6. The van der Waals surface area contributed by atoms with Crippen LogP contribution in [0.25, 0.3) is 5.65 Å². The van der Waals surface area contributed by atoms with Gasteiger partial charge in [0.05, 0.1) is 16.9 Å². The number of hydrogen-bond donors (Lipinski definition) is 0. The predicted octanol–water partition coefficient (Wildman–Crippen LogP) is 3.08. The van der Waals surface area contributed by atoms with Crippen LogP contribution in [-0.2, 0) is 13.0 Å². The van der Waals surface area contributed by atoms with Crippen molar-refractivity contribution < 1.29 is 0 Å². The van der Waals surface area contributed by atoms with Crippen LogP contribution in [0, 0.1) is 13.8 Å². The highest BCUT2D eigenvalue weighted by Crippen LogP contribution is 2.14. The van der Waals surface area contributed by atoms with Gasteiger partial charge in [0.15, 0.2) is 0 Å². The summed E-state index contributed by atoms with van der Waals surface area (Å²) in [5.41, 5.74) is 3.49. The van der Waals surface area contributed by atoms with Gasteiger partial charge in [0, 0.05) is 36.8 Å². The molecule has 0 saturated heterocycles. The van der Waals surface area contributed by atoms with Crippen molar-refractivity contribution in [2.45, 2.75) is 26.8 Å². The number of aromatic nitrogens is 3. The van der Waals surface area contributed by atoms with Crippen LogP contribution in [0.4, 0.5) is 0 Å². The molecule has 0 radical (unpaired) electrons. The van der Waals surface area contributed by atoms with Gasteiger partial charge in [0.25, 0.3) is 0 Å². The number of rotatable bonds is 5. The maximum atomic E-state index is 4.52. The number of pyridine rings is 1. The van der Waals surface area contributed by atoms with Crippen LogP contribution in [0.15, 0.2) is 30.7 Å². The lowest BCUT2D eigenvalue weighted by atomic mass is 10.3. The Kier molecular flexibility index (Phi) is 4.03. The lowest BCUT2D eigenvalue weighted by molar-refractivity contribution is 0.326. The Balaban J connectivity index is 1.66. The molecule has 21 heavy (non-hydrogen) atoms. The van der Waals surface area contributed by atoms with Crippen molar-refractivity contribution in [2.75, 3.05) is 13.6 Å². The standard InChI is InChI=1S/C16H20N4S/c1-12-5-4-7-20-14(10-18-16(12)20)11-19(3)8-6-15-17-9-13(2)21-15/h4-5,7,9-10H,6,8,11H2,1-3H3. The summed E-state index contributed by atoms with van der Waals surface area (Å²) in [7, 11) is 2.15. The molecule has 0 spiro atoms. The smallest absolute Gasteiger partial charge is 0.139 e. The summed E-state index contributed by atoms with van der Waals surface area (Å²) < 4.78 is 2.18. The van der Waals surface area contributed by atoms with Gasteiger partial charge in [-0.3, -0.25) is 0 Å². The van der Waals surface area contributed by atoms with E-state index in [1.165, 1.54) is 21.1 Å². The van der Waals surface area contributed by atoms with Gasteiger partial charge in [-0.05, 0) is 32.5 Å². The van der Waals surface area contributed by atoms with Gasteiger partial charge in [-0.15, -0.1) is 11.3 Å². The van der Waals surface area contributed by atoms with Crippen molar-refractivity contribution in [3.8, 4) is 0 Å². The van der Waals surface area contributed by atoms with Gasteiger partial charge in [-0.2, -0.15) is 0 Å². The first kappa shape index (κ1) is 14.2. The number of imidazole rings is 1. The van der Waals surface area contributed by atoms with Crippen molar-refractivity contribution in [3.63, 3.8) is 0 Å². The number of fused-ring (bicyclic) bond motifs is 1. The van der Waals surface area contributed by atoms with E-state index in [0.29, 0.717) is 0 Å². The Hall–Kier alpha value is -1.72. The minimum absolute atomic E-state index is 0.898. The zero-order valence-electron chi connectivity index (χ0n) is 12.7. The molecule has 3 heterocycles. The molecule has 4 nitrogen and oxygen atoms in total. The first-order valence-electron chi connectivity index (χ1n) is 7.15. The average molecular weight is 300 g/mol. The van der Waals surface area contributed by atoms with Crippen LogP contribution in [0.1, 0.15) is 21.1 Å². The summed E-state index contributed by atoms with van der Waals surface area (Å²) in [5, 5.41) is 1.22. The average Bonchev–Trinajstić information content (AvgIpc) is 3.05.